The third-order valence-electron chi connectivity index (χ3n) is 7.13. The Morgan fingerprint density at radius 2 is 1.69 bits per heavy atom. The van der Waals surface area contributed by atoms with Gasteiger partial charge in [0, 0.05) is 23.5 Å². The summed E-state index contributed by atoms with van der Waals surface area (Å²) in [5.41, 5.74) is -2.10. The molecule has 3 N–H and O–H groups in total. The summed E-state index contributed by atoms with van der Waals surface area (Å²) in [6.07, 6.45) is 0.105. The summed E-state index contributed by atoms with van der Waals surface area (Å²) in [5, 5.41) is 17.6. The van der Waals surface area contributed by atoms with Crippen LogP contribution in [-0.4, -0.2) is 72.3 Å². The molecule has 0 spiro atoms. The van der Waals surface area contributed by atoms with E-state index in [9.17, 15) is 24.3 Å². The number of benzene rings is 1. The van der Waals surface area contributed by atoms with E-state index < -0.39 is 40.6 Å². The van der Waals surface area contributed by atoms with Gasteiger partial charge in [-0.15, -0.1) is 0 Å². The number of nitrogens with one attached hydrogen (secondary N) is 2. The zero-order valence-electron chi connectivity index (χ0n) is 23.9. The SMILES string of the molecule is COC(=O)CCC(=O)OC(C)(C)CNC(=O)N[C@@H](C(=O)N1CC[C@](O)(c2ccc(Cl)cc2)C(C)(C)C1)C(C)C. The molecule has 1 heterocycles. The molecule has 2 rings (SSSR count). The van der Waals surface area contributed by atoms with Crippen molar-refractivity contribution in [1.29, 1.82) is 0 Å². The van der Waals surface area contributed by atoms with Crippen LogP contribution in [0.5, 0.6) is 0 Å². The number of aliphatic hydroxyl groups is 1. The summed E-state index contributed by atoms with van der Waals surface area (Å²) in [6.45, 7) is 11.4. The normalized spacial score (nSPS) is 19.7. The van der Waals surface area contributed by atoms with E-state index in [0.717, 1.165) is 5.56 Å². The van der Waals surface area contributed by atoms with Gasteiger partial charge in [-0.2, -0.15) is 0 Å². The summed E-state index contributed by atoms with van der Waals surface area (Å²) in [4.78, 5) is 51.2. The Balaban J connectivity index is 1.99. The Morgan fingerprint density at radius 3 is 2.23 bits per heavy atom. The summed E-state index contributed by atoms with van der Waals surface area (Å²) in [6, 6.07) is 5.72. The predicted molar refractivity (Wildman–Crippen MR) is 147 cm³/mol. The third-order valence-corrected chi connectivity index (χ3v) is 7.38. The predicted octanol–water partition coefficient (Wildman–Crippen LogP) is 3.38. The summed E-state index contributed by atoms with van der Waals surface area (Å²) in [5.74, 6) is -1.54. The number of hydrogen-bond donors (Lipinski definition) is 3. The van der Waals surface area contributed by atoms with Gasteiger partial charge in [0.1, 0.15) is 11.6 Å². The Bertz CT molecular complexity index is 1040. The minimum atomic E-state index is -1.15. The second kappa shape index (κ2) is 13.0. The minimum absolute atomic E-state index is 0.00727. The van der Waals surface area contributed by atoms with Crippen molar-refractivity contribution in [2.45, 2.75) is 78.0 Å². The number of halogens is 1. The molecule has 1 aromatic carbocycles. The lowest BCUT2D eigenvalue weighted by Crippen LogP contribution is -2.61. The van der Waals surface area contributed by atoms with Gasteiger partial charge in [0.2, 0.25) is 5.91 Å². The van der Waals surface area contributed by atoms with Crippen molar-refractivity contribution in [2.24, 2.45) is 11.3 Å². The molecular formula is C28H42ClN3O7. The van der Waals surface area contributed by atoms with Crippen LogP contribution >= 0.6 is 11.6 Å². The molecule has 1 saturated heterocycles. The zero-order valence-corrected chi connectivity index (χ0v) is 24.7. The van der Waals surface area contributed by atoms with Crippen LogP contribution in [0.1, 0.15) is 66.4 Å². The fraction of sp³-hybridized carbons (Fsp3) is 0.643. The lowest BCUT2D eigenvalue weighted by molar-refractivity contribution is -0.158. The lowest BCUT2D eigenvalue weighted by Gasteiger charge is -2.51. The van der Waals surface area contributed by atoms with E-state index in [1.165, 1.54) is 7.11 Å². The van der Waals surface area contributed by atoms with Crippen LogP contribution in [0.3, 0.4) is 0 Å². The average Bonchev–Trinajstić information content (AvgIpc) is 2.85. The monoisotopic (exact) mass is 567 g/mol. The van der Waals surface area contributed by atoms with Crippen LogP contribution in [-0.2, 0) is 29.5 Å². The van der Waals surface area contributed by atoms with E-state index in [0.29, 0.717) is 24.5 Å². The van der Waals surface area contributed by atoms with Gasteiger partial charge in [-0.3, -0.25) is 14.4 Å². The smallest absolute Gasteiger partial charge is 0.315 e. The van der Waals surface area contributed by atoms with Crippen molar-refractivity contribution in [1.82, 2.24) is 15.5 Å². The molecule has 2 atom stereocenters. The van der Waals surface area contributed by atoms with E-state index in [4.69, 9.17) is 16.3 Å². The average molecular weight is 568 g/mol. The molecule has 11 heteroatoms. The second-order valence-electron chi connectivity index (χ2n) is 11.6. The van der Waals surface area contributed by atoms with Gasteiger partial charge in [0.15, 0.2) is 0 Å². The molecule has 0 radical (unpaired) electrons. The van der Waals surface area contributed by atoms with Crippen molar-refractivity contribution in [3.8, 4) is 0 Å². The number of urea groups is 1. The maximum Gasteiger partial charge on any atom is 0.315 e. The van der Waals surface area contributed by atoms with Gasteiger partial charge in [0.05, 0.1) is 32.1 Å². The highest BCUT2D eigenvalue weighted by molar-refractivity contribution is 6.30. The molecule has 0 unspecified atom stereocenters. The number of ether oxygens (including phenoxy) is 2. The van der Waals surface area contributed by atoms with Crippen molar-refractivity contribution >= 4 is 35.5 Å². The van der Waals surface area contributed by atoms with Gasteiger partial charge in [-0.05, 0) is 43.9 Å². The molecule has 0 aromatic heterocycles. The third kappa shape index (κ3) is 8.57. The highest BCUT2D eigenvalue weighted by atomic mass is 35.5. The van der Waals surface area contributed by atoms with Crippen molar-refractivity contribution in [3.05, 3.63) is 34.9 Å². The van der Waals surface area contributed by atoms with Crippen molar-refractivity contribution in [3.63, 3.8) is 0 Å². The van der Waals surface area contributed by atoms with Crippen LogP contribution in [0.4, 0.5) is 4.79 Å². The van der Waals surface area contributed by atoms with E-state index in [1.54, 1.807) is 30.9 Å². The van der Waals surface area contributed by atoms with E-state index >= 15 is 0 Å². The molecule has 1 aromatic rings. The van der Waals surface area contributed by atoms with Gasteiger partial charge < -0.3 is 30.1 Å². The van der Waals surface area contributed by atoms with Gasteiger partial charge in [-0.1, -0.05) is 51.4 Å². The number of likely N-dealkylation sites (tertiary alicyclic amines) is 1. The quantitative estimate of drug-likeness (QED) is 0.369. The largest absolute Gasteiger partial charge is 0.469 e. The maximum absolute atomic E-state index is 13.5. The first-order valence-corrected chi connectivity index (χ1v) is 13.5. The Morgan fingerprint density at radius 1 is 1.10 bits per heavy atom. The highest BCUT2D eigenvalue weighted by Crippen LogP contribution is 2.46. The topological polar surface area (TPSA) is 134 Å². The van der Waals surface area contributed by atoms with Crippen LogP contribution in [0.15, 0.2) is 24.3 Å². The number of methoxy groups -OCH3 is 1. The molecule has 0 saturated carbocycles. The Hall–Kier alpha value is -2.85. The van der Waals surface area contributed by atoms with Gasteiger partial charge in [0.25, 0.3) is 0 Å². The number of carbonyl (C=O) groups excluding carboxylic acids is 4. The standard InChI is InChI=1S/C28H42ClN3O7/c1-18(2)23(31-25(36)30-16-27(5,6)39-22(34)13-12-21(33)38-7)24(35)32-15-14-28(37,26(3,4)17-32)19-8-10-20(29)11-9-19/h8-11,18,23,37H,12-17H2,1-7H3,(H2,30,31,36)/t23-,28+/m1/s1. The number of carbonyl (C=O) groups is 4. The van der Waals surface area contributed by atoms with Crippen molar-refractivity contribution in [2.75, 3.05) is 26.7 Å². The number of amides is 3. The molecule has 10 nitrogen and oxygen atoms in total. The molecular weight excluding hydrogens is 526 g/mol. The van der Waals surface area contributed by atoms with Gasteiger partial charge >= 0.3 is 18.0 Å². The number of nitrogens with zero attached hydrogens (tertiary/aromatic N) is 1. The van der Waals surface area contributed by atoms with E-state index in [2.05, 4.69) is 15.4 Å². The fourth-order valence-electron chi connectivity index (χ4n) is 4.67. The summed E-state index contributed by atoms with van der Waals surface area (Å²) in [7, 11) is 1.24. The molecule has 1 aliphatic rings. The molecule has 39 heavy (non-hydrogen) atoms. The first kappa shape index (κ1) is 32.4. The summed E-state index contributed by atoms with van der Waals surface area (Å²) < 4.78 is 9.88. The van der Waals surface area contributed by atoms with Crippen LogP contribution in [0.25, 0.3) is 0 Å². The molecule has 1 aliphatic heterocycles. The Labute approximate surface area is 235 Å². The summed E-state index contributed by atoms with van der Waals surface area (Å²) >= 11 is 6.02. The van der Waals surface area contributed by atoms with Gasteiger partial charge in [-0.25, -0.2) is 4.79 Å². The lowest BCUT2D eigenvalue weighted by atomic mass is 9.66. The zero-order chi connectivity index (χ0) is 29.6. The number of piperidine rings is 1. The number of hydrogen-bond acceptors (Lipinski definition) is 7. The highest BCUT2D eigenvalue weighted by Gasteiger charge is 2.50. The van der Waals surface area contributed by atoms with Crippen LogP contribution in [0, 0.1) is 11.3 Å². The van der Waals surface area contributed by atoms with E-state index in [1.807, 2.05) is 39.8 Å². The maximum atomic E-state index is 13.5. The van der Waals surface area contributed by atoms with E-state index in [-0.39, 0.29) is 31.2 Å². The number of rotatable bonds is 10. The Kier molecular flexibility index (Phi) is 10.8. The number of esters is 2. The minimum Gasteiger partial charge on any atom is -0.469 e. The molecule has 3 amide bonds. The van der Waals surface area contributed by atoms with Crippen LogP contribution in [0.2, 0.25) is 5.02 Å². The van der Waals surface area contributed by atoms with Crippen LogP contribution < -0.4 is 10.6 Å². The van der Waals surface area contributed by atoms with Crippen molar-refractivity contribution < 1.29 is 33.8 Å². The second-order valence-corrected chi connectivity index (χ2v) is 12.1. The fourth-order valence-corrected chi connectivity index (χ4v) is 4.79. The molecule has 0 aliphatic carbocycles. The molecule has 218 valence electrons. The molecule has 1 fully saturated rings. The first-order valence-electron chi connectivity index (χ1n) is 13.1. The molecule has 0 bridgehead atoms. The first-order chi connectivity index (χ1) is 18.0.